The fourth-order valence-corrected chi connectivity index (χ4v) is 9.56. The molecule has 0 aromatic heterocycles. The molecule has 0 radical (unpaired) electrons. The van der Waals surface area contributed by atoms with Gasteiger partial charge in [0.05, 0.1) is 18.4 Å². The molecule has 1 aromatic rings. The summed E-state index contributed by atoms with van der Waals surface area (Å²) in [4.78, 5) is 12.5. The van der Waals surface area contributed by atoms with Gasteiger partial charge < -0.3 is 15.3 Å². The Morgan fingerprint density at radius 1 is 1.08 bits per heavy atom. The highest BCUT2D eigenvalue weighted by molar-refractivity contribution is 5.84. The summed E-state index contributed by atoms with van der Waals surface area (Å²) < 4.78 is 0. The molecular formula is C31H46N2O4. The van der Waals surface area contributed by atoms with Crippen LogP contribution in [0.3, 0.4) is 0 Å². The van der Waals surface area contributed by atoms with E-state index in [1.54, 1.807) is 18.2 Å². The van der Waals surface area contributed by atoms with E-state index in [0.717, 1.165) is 32.1 Å². The summed E-state index contributed by atoms with van der Waals surface area (Å²) in [5, 5.41) is 35.6. The van der Waals surface area contributed by atoms with Crippen LogP contribution in [0.4, 0.5) is 0 Å². The minimum atomic E-state index is -0.250. The van der Waals surface area contributed by atoms with Gasteiger partial charge in [-0.2, -0.15) is 5.10 Å². The zero-order chi connectivity index (χ0) is 26.4. The highest BCUT2D eigenvalue weighted by Crippen LogP contribution is 2.68. The van der Waals surface area contributed by atoms with Crippen LogP contribution in [0.15, 0.2) is 29.4 Å². The molecular weight excluding hydrogens is 464 g/mol. The van der Waals surface area contributed by atoms with Gasteiger partial charge in [-0.3, -0.25) is 4.79 Å². The number of nitrogens with one attached hydrogen (secondary N) is 1. The van der Waals surface area contributed by atoms with Gasteiger partial charge in [0.2, 0.25) is 5.91 Å². The number of fused-ring (bicyclic) bond motifs is 5. The van der Waals surface area contributed by atoms with Crippen LogP contribution in [-0.4, -0.2) is 39.6 Å². The summed E-state index contributed by atoms with van der Waals surface area (Å²) in [5.74, 6) is 2.99. The van der Waals surface area contributed by atoms with E-state index in [-0.39, 0.29) is 34.7 Å². The van der Waals surface area contributed by atoms with Crippen LogP contribution < -0.4 is 5.43 Å². The molecule has 4 N–H and O–H groups in total. The monoisotopic (exact) mass is 510 g/mol. The van der Waals surface area contributed by atoms with Crippen molar-refractivity contribution in [2.24, 2.45) is 51.4 Å². The molecule has 6 nitrogen and oxygen atoms in total. The molecule has 5 rings (SSSR count). The Morgan fingerprint density at radius 2 is 1.81 bits per heavy atom. The fraction of sp³-hybridized carbons (Fsp3) is 0.742. The highest BCUT2D eigenvalue weighted by atomic mass is 16.3. The number of nitrogens with zero attached hydrogens (tertiary/aromatic N) is 1. The van der Waals surface area contributed by atoms with Crippen LogP contribution in [0.5, 0.6) is 5.75 Å². The minimum Gasteiger partial charge on any atom is -0.507 e. The number of aliphatic hydroxyl groups excluding tert-OH is 2. The number of hydrogen-bond acceptors (Lipinski definition) is 5. The van der Waals surface area contributed by atoms with E-state index in [9.17, 15) is 20.1 Å². The third-order valence-electron chi connectivity index (χ3n) is 11.6. The van der Waals surface area contributed by atoms with Gasteiger partial charge in [-0.25, -0.2) is 5.43 Å². The Morgan fingerprint density at radius 3 is 2.59 bits per heavy atom. The van der Waals surface area contributed by atoms with Crippen LogP contribution in [-0.2, 0) is 4.79 Å². The topological polar surface area (TPSA) is 102 Å². The van der Waals surface area contributed by atoms with Gasteiger partial charge in [-0.05, 0) is 116 Å². The number of rotatable bonds is 6. The Bertz CT molecular complexity index is 1010. The molecule has 4 aliphatic rings. The van der Waals surface area contributed by atoms with Crippen molar-refractivity contribution in [1.82, 2.24) is 5.43 Å². The first-order valence-corrected chi connectivity index (χ1v) is 14.6. The largest absolute Gasteiger partial charge is 0.507 e. The zero-order valence-corrected chi connectivity index (χ0v) is 22.8. The van der Waals surface area contributed by atoms with Crippen molar-refractivity contribution in [3.8, 4) is 5.75 Å². The fourth-order valence-electron chi connectivity index (χ4n) is 9.56. The summed E-state index contributed by atoms with van der Waals surface area (Å²) in [5.41, 5.74) is 3.66. The maximum atomic E-state index is 12.5. The molecule has 0 heterocycles. The van der Waals surface area contributed by atoms with Crippen molar-refractivity contribution < 1.29 is 20.1 Å². The lowest BCUT2D eigenvalue weighted by molar-refractivity contribution is -0.174. The predicted octanol–water partition coefficient (Wildman–Crippen LogP) is 5.25. The molecule has 0 unspecified atom stereocenters. The molecule has 4 aliphatic carbocycles. The third-order valence-corrected chi connectivity index (χ3v) is 11.6. The van der Waals surface area contributed by atoms with E-state index in [1.807, 2.05) is 6.07 Å². The smallest absolute Gasteiger partial charge is 0.240 e. The maximum absolute atomic E-state index is 12.5. The van der Waals surface area contributed by atoms with E-state index >= 15 is 0 Å². The number of hydrogen-bond donors (Lipinski definition) is 4. The standard InChI is InChI=1S/C31H46N2O4/c1-19(8-11-28(37)33-32-18-20-6-4-5-7-26(20)35)23-9-10-24-29-25(13-15-31(23,24)3)30(2)14-12-22(34)16-21(30)17-27(29)36/h4-7,18-19,21-25,27,29,34-36H,8-17H2,1-3H3,(H,33,37)/b32-18-/t19-,21+,22-,23-,24+,25+,27+,29+,30-,31+/m0/s1. The van der Waals surface area contributed by atoms with Gasteiger partial charge in [-0.1, -0.05) is 32.9 Å². The molecule has 1 aromatic carbocycles. The molecule has 0 bridgehead atoms. The number of carbonyl (C=O) groups is 1. The second-order valence-electron chi connectivity index (χ2n) is 13.3. The Balaban J connectivity index is 1.19. The maximum Gasteiger partial charge on any atom is 0.240 e. The summed E-state index contributed by atoms with van der Waals surface area (Å²) in [6, 6.07) is 6.91. The number of amides is 1. The van der Waals surface area contributed by atoms with Crippen LogP contribution in [0.1, 0.15) is 90.5 Å². The lowest BCUT2D eigenvalue weighted by Gasteiger charge is -2.62. The normalized spacial score (nSPS) is 42.0. The van der Waals surface area contributed by atoms with E-state index in [2.05, 4.69) is 31.3 Å². The summed E-state index contributed by atoms with van der Waals surface area (Å²) >= 11 is 0. The highest BCUT2D eigenvalue weighted by Gasteiger charge is 2.62. The lowest BCUT2D eigenvalue weighted by atomic mass is 9.43. The Labute approximate surface area is 221 Å². The van der Waals surface area contributed by atoms with Crippen molar-refractivity contribution in [1.29, 1.82) is 0 Å². The van der Waals surface area contributed by atoms with Crippen LogP contribution in [0.25, 0.3) is 0 Å². The zero-order valence-electron chi connectivity index (χ0n) is 22.8. The summed E-state index contributed by atoms with van der Waals surface area (Å²) in [6.07, 6.45) is 10.8. The SMILES string of the molecule is C[C@@H](CCC(=O)N/N=C\c1ccccc1O)[C@@H]1CC[C@@H]2[C@H]3[C@H](O)C[C@H]4C[C@@H](O)CC[C@]4(C)[C@@H]3CC[C@@]21C. The molecule has 4 fully saturated rings. The molecule has 4 saturated carbocycles. The van der Waals surface area contributed by atoms with E-state index in [0.29, 0.717) is 47.5 Å². The molecule has 10 atom stereocenters. The molecule has 37 heavy (non-hydrogen) atoms. The average Bonchev–Trinajstić information content (AvgIpc) is 3.22. The summed E-state index contributed by atoms with van der Waals surface area (Å²) in [6.45, 7) is 7.25. The number of carbonyl (C=O) groups excluding carboxylic acids is 1. The average molecular weight is 511 g/mol. The predicted molar refractivity (Wildman–Crippen MR) is 145 cm³/mol. The lowest BCUT2D eigenvalue weighted by Crippen LogP contribution is -2.58. The number of aliphatic hydroxyl groups is 2. The Hall–Kier alpha value is -1.92. The number of aromatic hydroxyl groups is 1. The van der Waals surface area contributed by atoms with Crippen molar-refractivity contribution in [3.05, 3.63) is 29.8 Å². The Kier molecular flexibility index (Phi) is 7.45. The van der Waals surface area contributed by atoms with Gasteiger partial charge >= 0.3 is 0 Å². The number of phenolic OH excluding ortho intramolecular Hbond substituents is 1. The van der Waals surface area contributed by atoms with Crippen molar-refractivity contribution in [2.75, 3.05) is 0 Å². The number of benzene rings is 1. The summed E-state index contributed by atoms with van der Waals surface area (Å²) in [7, 11) is 0. The van der Waals surface area contributed by atoms with Gasteiger partial charge in [-0.15, -0.1) is 0 Å². The first-order valence-electron chi connectivity index (χ1n) is 14.6. The van der Waals surface area contributed by atoms with Crippen LogP contribution >= 0.6 is 0 Å². The molecule has 0 aliphatic heterocycles. The van der Waals surface area contributed by atoms with Gasteiger partial charge in [0.1, 0.15) is 5.75 Å². The van der Waals surface area contributed by atoms with Gasteiger partial charge in [0.25, 0.3) is 0 Å². The second-order valence-corrected chi connectivity index (χ2v) is 13.3. The number of hydrazone groups is 1. The van der Waals surface area contributed by atoms with E-state index in [1.165, 1.54) is 31.9 Å². The van der Waals surface area contributed by atoms with Crippen molar-refractivity contribution in [2.45, 2.75) is 97.2 Å². The van der Waals surface area contributed by atoms with E-state index in [4.69, 9.17) is 0 Å². The molecule has 1 amide bonds. The third kappa shape index (κ3) is 4.85. The minimum absolute atomic E-state index is 0.0944. The molecule has 0 spiro atoms. The van der Waals surface area contributed by atoms with E-state index < -0.39 is 0 Å². The molecule has 204 valence electrons. The van der Waals surface area contributed by atoms with Crippen LogP contribution in [0.2, 0.25) is 0 Å². The van der Waals surface area contributed by atoms with Crippen LogP contribution in [0, 0.1) is 46.3 Å². The molecule has 6 heteroatoms. The first-order chi connectivity index (χ1) is 17.6. The number of para-hydroxylation sites is 1. The number of phenols is 1. The van der Waals surface area contributed by atoms with Gasteiger partial charge in [0.15, 0.2) is 0 Å². The van der Waals surface area contributed by atoms with Crippen molar-refractivity contribution >= 4 is 12.1 Å². The first kappa shape index (κ1) is 26.7. The quantitative estimate of drug-likeness (QED) is 0.310. The second kappa shape index (κ2) is 10.3. The molecule has 0 saturated heterocycles. The van der Waals surface area contributed by atoms with Gasteiger partial charge in [0, 0.05) is 12.0 Å². The van der Waals surface area contributed by atoms with Crippen molar-refractivity contribution in [3.63, 3.8) is 0 Å².